The van der Waals surface area contributed by atoms with Gasteiger partial charge in [-0.25, -0.2) is 14.6 Å². The SMILES string of the molecule is CCCCCN(C(=O)Nc1ccc(C)cn1)c1ccc(OCC(=O)O)cc1. The summed E-state index contributed by atoms with van der Waals surface area (Å²) in [6.07, 6.45) is 4.65. The molecule has 1 aromatic carbocycles. The summed E-state index contributed by atoms with van der Waals surface area (Å²) in [5.74, 6) is -0.104. The van der Waals surface area contributed by atoms with Gasteiger partial charge in [-0.05, 0) is 49.2 Å². The van der Waals surface area contributed by atoms with E-state index in [1.807, 2.05) is 13.0 Å². The summed E-state index contributed by atoms with van der Waals surface area (Å²) in [5.41, 5.74) is 1.73. The Labute approximate surface area is 159 Å². The molecule has 0 aliphatic carbocycles. The molecule has 0 radical (unpaired) electrons. The highest BCUT2D eigenvalue weighted by Crippen LogP contribution is 2.21. The van der Waals surface area contributed by atoms with Crippen LogP contribution >= 0.6 is 0 Å². The zero-order chi connectivity index (χ0) is 19.6. The predicted octanol–water partition coefficient (Wildman–Crippen LogP) is 4.08. The first-order valence-electron chi connectivity index (χ1n) is 8.95. The Hall–Kier alpha value is -3.09. The van der Waals surface area contributed by atoms with Crippen LogP contribution in [0.15, 0.2) is 42.6 Å². The number of nitrogens with zero attached hydrogens (tertiary/aromatic N) is 2. The number of pyridine rings is 1. The van der Waals surface area contributed by atoms with Crippen LogP contribution in [0.2, 0.25) is 0 Å². The van der Waals surface area contributed by atoms with E-state index >= 15 is 0 Å². The quantitative estimate of drug-likeness (QED) is 0.648. The number of aliphatic carboxylic acids is 1. The van der Waals surface area contributed by atoms with Gasteiger partial charge in [0, 0.05) is 18.4 Å². The van der Waals surface area contributed by atoms with Crippen molar-refractivity contribution >= 4 is 23.5 Å². The van der Waals surface area contributed by atoms with Crippen LogP contribution in [-0.4, -0.2) is 35.2 Å². The van der Waals surface area contributed by atoms with Crippen molar-refractivity contribution in [1.82, 2.24) is 4.98 Å². The average Bonchev–Trinajstić information content (AvgIpc) is 2.66. The summed E-state index contributed by atoms with van der Waals surface area (Å²) in [4.78, 5) is 29.2. The molecule has 7 heteroatoms. The molecule has 0 spiro atoms. The molecular weight excluding hydrogens is 346 g/mol. The van der Waals surface area contributed by atoms with Crippen molar-refractivity contribution in [2.24, 2.45) is 0 Å². The second kappa shape index (κ2) is 10.2. The number of anilines is 2. The largest absolute Gasteiger partial charge is 0.482 e. The highest BCUT2D eigenvalue weighted by molar-refractivity contribution is 6.01. The average molecular weight is 371 g/mol. The van der Waals surface area contributed by atoms with Crippen molar-refractivity contribution in [2.45, 2.75) is 33.1 Å². The van der Waals surface area contributed by atoms with Crippen molar-refractivity contribution < 1.29 is 19.4 Å². The number of urea groups is 1. The van der Waals surface area contributed by atoms with Crippen molar-refractivity contribution in [1.29, 1.82) is 0 Å². The lowest BCUT2D eigenvalue weighted by atomic mass is 10.2. The monoisotopic (exact) mass is 371 g/mol. The van der Waals surface area contributed by atoms with Crippen molar-refractivity contribution in [3.63, 3.8) is 0 Å². The first-order valence-corrected chi connectivity index (χ1v) is 8.95. The lowest BCUT2D eigenvalue weighted by Crippen LogP contribution is -2.36. The first kappa shape index (κ1) is 20.2. The number of aryl methyl sites for hydroxylation is 1. The molecule has 2 rings (SSSR count). The number of carbonyl (C=O) groups is 2. The maximum atomic E-state index is 12.8. The van der Waals surface area contributed by atoms with Crippen molar-refractivity contribution in [3.8, 4) is 5.75 Å². The van der Waals surface area contributed by atoms with E-state index in [9.17, 15) is 9.59 Å². The molecule has 0 saturated heterocycles. The van der Waals surface area contributed by atoms with Crippen LogP contribution in [0.5, 0.6) is 5.75 Å². The first-order chi connectivity index (χ1) is 13.0. The number of carboxylic acids is 1. The Bertz CT molecular complexity index is 745. The minimum Gasteiger partial charge on any atom is -0.482 e. The molecule has 0 aliphatic rings. The summed E-state index contributed by atoms with van der Waals surface area (Å²) < 4.78 is 5.14. The molecule has 0 bridgehead atoms. The fraction of sp³-hybridized carbons (Fsp3) is 0.350. The molecule has 1 aromatic heterocycles. The summed E-state index contributed by atoms with van der Waals surface area (Å²) in [5, 5.41) is 11.5. The molecule has 0 atom stereocenters. The molecule has 0 saturated carbocycles. The van der Waals surface area contributed by atoms with Crippen LogP contribution in [0.4, 0.5) is 16.3 Å². The number of benzene rings is 1. The molecule has 1 heterocycles. The third-order valence-electron chi connectivity index (χ3n) is 3.89. The van der Waals surface area contributed by atoms with Gasteiger partial charge in [-0.15, -0.1) is 0 Å². The highest BCUT2D eigenvalue weighted by Gasteiger charge is 2.16. The zero-order valence-electron chi connectivity index (χ0n) is 15.6. The number of hydrogen-bond donors (Lipinski definition) is 2. The number of carbonyl (C=O) groups excluding carboxylic acids is 1. The Morgan fingerprint density at radius 3 is 2.48 bits per heavy atom. The lowest BCUT2D eigenvalue weighted by Gasteiger charge is -2.23. The number of hydrogen-bond acceptors (Lipinski definition) is 4. The number of carboxylic acid groups (broad SMARTS) is 1. The Morgan fingerprint density at radius 1 is 1.15 bits per heavy atom. The van der Waals surface area contributed by atoms with E-state index in [0.29, 0.717) is 23.8 Å². The van der Waals surface area contributed by atoms with E-state index in [1.54, 1.807) is 41.4 Å². The van der Waals surface area contributed by atoms with Gasteiger partial charge < -0.3 is 9.84 Å². The molecule has 2 N–H and O–H groups in total. The Balaban J connectivity index is 2.11. The number of nitrogens with one attached hydrogen (secondary N) is 1. The lowest BCUT2D eigenvalue weighted by molar-refractivity contribution is -0.139. The third-order valence-corrected chi connectivity index (χ3v) is 3.89. The van der Waals surface area contributed by atoms with Gasteiger partial charge in [0.1, 0.15) is 11.6 Å². The van der Waals surface area contributed by atoms with E-state index in [2.05, 4.69) is 17.2 Å². The maximum Gasteiger partial charge on any atom is 0.341 e. The standard InChI is InChI=1S/C20H25N3O4/c1-3-4-5-12-23(20(26)22-18-11-6-15(2)13-21-18)16-7-9-17(10-8-16)27-14-19(24)25/h6-11,13H,3-5,12,14H2,1-2H3,(H,24,25)(H,21,22,26). The number of ether oxygens (including phenoxy) is 1. The summed E-state index contributed by atoms with van der Waals surface area (Å²) in [6, 6.07) is 10.2. The fourth-order valence-electron chi connectivity index (χ4n) is 2.45. The van der Waals surface area contributed by atoms with E-state index in [0.717, 1.165) is 24.8 Å². The van der Waals surface area contributed by atoms with E-state index in [1.165, 1.54) is 0 Å². The van der Waals surface area contributed by atoms with Gasteiger partial charge >= 0.3 is 12.0 Å². The van der Waals surface area contributed by atoms with Gasteiger partial charge in [-0.2, -0.15) is 0 Å². The maximum absolute atomic E-state index is 12.8. The van der Waals surface area contributed by atoms with Crippen LogP contribution in [0.1, 0.15) is 31.7 Å². The predicted molar refractivity (Wildman–Crippen MR) is 104 cm³/mol. The van der Waals surface area contributed by atoms with Crippen molar-refractivity contribution in [2.75, 3.05) is 23.4 Å². The van der Waals surface area contributed by atoms with Crippen LogP contribution in [-0.2, 0) is 4.79 Å². The smallest absolute Gasteiger partial charge is 0.341 e. The molecule has 27 heavy (non-hydrogen) atoms. The normalized spacial score (nSPS) is 10.3. The van der Waals surface area contributed by atoms with E-state index in [4.69, 9.17) is 9.84 Å². The molecule has 2 aromatic rings. The molecule has 0 unspecified atom stereocenters. The van der Waals surface area contributed by atoms with Gasteiger partial charge in [-0.1, -0.05) is 25.8 Å². The van der Waals surface area contributed by atoms with Gasteiger partial charge in [-0.3, -0.25) is 10.2 Å². The Kier molecular flexibility index (Phi) is 7.61. The van der Waals surface area contributed by atoms with Gasteiger partial charge in [0.25, 0.3) is 0 Å². The minimum atomic E-state index is -1.04. The molecule has 0 fully saturated rings. The third kappa shape index (κ3) is 6.62. The summed E-state index contributed by atoms with van der Waals surface area (Å²) in [6.45, 7) is 4.21. The van der Waals surface area contributed by atoms with E-state index < -0.39 is 12.6 Å². The second-order valence-corrected chi connectivity index (χ2v) is 6.19. The number of rotatable bonds is 9. The fourth-order valence-corrected chi connectivity index (χ4v) is 2.45. The van der Waals surface area contributed by atoms with Crippen LogP contribution in [0.25, 0.3) is 0 Å². The van der Waals surface area contributed by atoms with Crippen LogP contribution < -0.4 is 15.0 Å². The molecule has 0 aliphatic heterocycles. The number of aromatic nitrogens is 1. The van der Waals surface area contributed by atoms with Crippen LogP contribution in [0.3, 0.4) is 0 Å². The van der Waals surface area contributed by atoms with Crippen LogP contribution in [0, 0.1) is 6.92 Å². The van der Waals surface area contributed by atoms with Gasteiger partial charge in [0.2, 0.25) is 0 Å². The Morgan fingerprint density at radius 2 is 1.89 bits per heavy atom. The number of unbranched alkanes of at least 4 members (excludes halogenated alkanes) is 2. The topological polar surface area (TPSA) is 91.8 Å². The highest BCUT2D eigenvalue weighted by atomic mass is 16.5. The summed E-state index contributed by atoms with van der Waals surface area (Å²) >= 11 is 0. The van der Waals surface area contributed by atoms with Gasteiger partial charge in [0.05, 0.1) is 0 Å². The number of amides is 2. The van der Waals surface area contributed by atoms with E-state index in [-0.39, 0.29) is 6.03 Å². The minimum absolute atomic E-state index is 0.262. The molecular formula is C20H25N3O4. The zero-order valence-corrected chi connectivity index (χ0v) is 15.6. The molecule has 144 valence electrons. The molecule has 7 nitrogen and oxygen atoms in total. The molecule has 2 amide bonds. The second-order valence-electron chi connectivity index (χ2n) is 6.19. The summed E-state index contributed by atoms with van der Waals surface area (Å²) in [7, 11) is 0. The van der Waals surface area contributed by atoms with Gasteiger partial charge in [0.15, 0.2) is 6.61 Å². The van der Waals surface area contributed by atoms with Crippen molar-refractivity contribution in [3.05, 3.63) is 48.2 Å².